The minimum Gasteiger partial charge on any atom is -0.396 e. The molecule has 12 heavy (non-hydrogen) atoms. The van der Waals surface area contributed by atoms with E-state index in [2.05, 4.69) is 23.7 Å². The van der Waals surface area contributed by atoms with Gasteiger partial charge in [-0.25, -0.2) is 0 Å². The lowest BCUT2D eigenvalue weighted by Crippen LogP contribution is -1.80. The second kappa shape index (κ2) is 10.1. The van der Waals surface area contributed by atoms with Gasteiger partial charge in [-0.2, -0.15) is 0 Å². The van der Waals surface area contributed by atoms with Crippen molar-refractivity contribution in [2.75, 3.05) is 6.61 Å². The van der Waals surface area contributed by atoms with E-state index in [4.69, 9.17) is 5.11 Å². The van der Waals surface area contributed by atoms with Crippen LogP contribution in [0.3, 0.4) is 0 Å². The second-order valence-electron chi connectivity index (χ2n) is 2.42. The molecule has 0 aromatic rings. The molecule has 0 aliphatic heterocycles. The van der Waals surface area contributed by atoms with E-state index in [0.29, 0.717) is 6.42 Å². The maximum absolute atomic E-state index is 8.47. The van der Waals surface area contributed by atoms with Gasteiger partial charge < -0.3 is 5.11 Å². The van der Waals surface area contributed by atoms with Crippen molar-refractivity contribution < 1.29 is 5.11 Å². The smallest absolute Gasteiger partial charge is 0.0702 e. The van der Waals surface area contributed by atoms with Gasteiger partial charge in [0.2, 0.25) is 0 Å². The summed E-state index contributed by atoms with van der Waals surface area (Å²) in [7, 11) is 0. The number of hydrogen-bond donors (Lipinski definition) is 1. The Morgan fingerprint density at radius 1 is 1.00 bits per heavy atom. The Balaban J connectivity index is 3.23. The van der Waals surface area contributed by atoms with Crippen molar-refractivity contribution in [2.45, 2.75) is 39.0 Å². The first-order valence-corrected chi connectivity index (χ1v) is 4.44. The van der Waals surface area contributed by atoms with Gasteiger partial charge in [-0.05, 0) is 12.8 Å². The lowest BCUT2D eigenvalue weighted by molar-refractivity contribution is 0.285. The largest absolute Gasteiger partial charge is 0.396 e. The summed E-state index contributed by atoms with van der Waals surface area (Å²) in [4.78, 5) is 0. The van der Waals surface area contributed by atoms with Crippen molar-refractivity contribution in [2.24, 2.45) is 0 Å². The fourth-order valence-electron chi connectivity index (χ4n) is 0.708. The predicted molar refractivity (Wildman–Crippen MR) is 51.4 cm³/mol. The van der Waals surface area contributed by atoms with Crippen molar-refractivity contribution in [3.8, 4) is 23.7 Å². The molecule has 0 aromatic carbocycles. The Kier molecular flexibility index (Phi) is 9.31. The standard InChI is InChI=1S/C11H16O/c1-2-3-4-5-6-7-8-9-10-11-12/h12H,2,5,8-11H2,1H3. The van der Waals surface area contributed by atoms with Crippen LogP contribution in [0.4, 0.5) is 0 Å². The first-order valence-electron chi connectivity index (χ1n) is 4.44. The Morgan fingerprint density at radius 3 is 2.42 bits per heavy atom. The molecule has 0 heterocycles. The van der Waals surface area contributed by atoms with Crippen LogP contribution in [0, 0.1) is 23.7 Å². The lowest BCUT2D eigenvalue weighted by Gasteiger charge is -1.87. The van der Waals surface area contributed by atoms with Gasteiger partial charge in [-0.15, -0.1) is 11.8 Å². The molecule has 0 radical (unpaired) electrons. The van der Waals surface area contributed by atoms with Crippen LogP contribution in [0.15, 0.2) is 0 Å². The van der Waals surface area contributed by atoms with Gasteiger partial charge in [0.25, 0.3) is 0 Å². The lowest BCUT2D eigenvalue weighted by atomic mass is 10.2. The molecule has 0 fully saturated rings. The summed E-state index contributed by atoms with van der Waals surface area (Å²) in [6, 6.07) is 0. The maximum Gasteiger partial charge on any atom is 0.0702 e. The first-order chi connectivity index (χ1) is 5.91. The van der Waals surface area contributed by atoms with Crippen LogP contribution >= 0.6 is 0 Å². The molecule has 0 spiro atoms. The first kappa shape index (κ1) is 11.1. The third-order valence-electron chi connectivity index (χ3n) is 1.31. The second-order valence-corrected chi connectivity index (χ2v) is 2.42. The Morgan fingerprint density at radius 2 is 1.75 bits per heavy atom. The number of aliphatic hydroxyl groups excluding tert-OH is 1. The van der Waals surface area contributed by atoms with E-state index in [1.54, 1.807) is 0 Å². The summed E-state index contributed by atoms with van der Waals surface area (Å²) in [6.07, 6.45) is 4.33. The molecule has 0 atom stereocenters. The fourth-order valence-corrected chi connectivity index (χ4v) is 0.708. The Hall–Kier alpha value is -0.920. The molecule has 0 aliphatic rings. The average molecular weight is 164 g/mol. The van der Waals surface area contributed by atoms with Crippen LogP contribution in [0.5, 0.6) is 0 Å². The number of unbranched alkanes of at least 4 members (excludes halogenated alkanes) is 2. The number of aliphatic hydroxyl groups is 1. The summed E-state index contributed by atoms with van der Waals surface area (Å²) in [6.45, 7) is 2.30. The van der Waals surface area contributed by atoms with E-state index in [-0.39, 0.29) is 6.61 Å². The van der Waals surface area contributed by atoms with Crippen LogP contribution in [0.25, 0.3) is 0 Å². The van der Waals surface area contributed by atoms with E-state index in [0.717, 1.165) is 25.7 Å². The van der Waals surface area contributed by atoms with E-state index in [1.807, 2.05) is 6.92 Å². The van der Waals surface area contributed by atoms with Gasteiger partial charge in [-0.3, -0.25) is 0 Å². The molecule has 0 unspecified atom stereocenters. The third-order valence-corrected chi connectivity index (χ3v) is 1.31. The maximum atomic E-state index is 8.47. The zero-order valence-electron chi connectivity index (χ0n) is 7.69. The molecule has 1 N–H and O–H groups in total. The third kappa shape index (κ3) is 9.08. The van der Waals surface area contributed by atoms with E-state index in [1.165, 1.54) is 0 Å². The predicted octanol–water partition coefficient (Wildman–Crippen LogP) is 1.96. The zero-order valence-corrected chi connectivity index (χ0v) is 7.69. The molecule has 0 rings (SSSR count). The SMILES string of the molecule is CCC#CCC#CCCCCO. The molecule has 1 heteroatoms. The Bertz CT molecular complexity index is 197. The van der Waals surface area contributed by atoms with Crippen molar-refractivity contribution in [3.05, 3.63) is 0 Å². The van der Waals surface area contributed by atoms with Gasteiger partial charge in [0.1, 0.15) is 0 Å². The van der Waals surface area contributed by atoms with Crippen LogP contribution in [0.2, 0.25) is 0 Å². The fraction of sp³-hybridized carbons (Fsp3) is 0.636. The normalized spacial score (nSPS) is 7.83. The molecular weight excluding hydrogens is 148 g/mol. The summed E-state index contributed by atoms with van der Waals surface area (Å²) in [5, 5.41) is 8.47. The van der Waals surface area contributed by atoms with Gasteiger partial charge in [0.05, 0.1) is 6.42 Å². The Labute approximate surface area is 75.2 Å². The summed E-state index contributed by atoms with van der Waals surface area (Å²) in [5.74, 6) is 11.9. The highest BCUT2D eigenvalue weighted by atomic mass is 16.2. The molecule has 0 aliphatic carbocycles. The monoisotopic (exact) mass is 164 g/mol. The molecule has 0 saturated carbocycles. The molecule has 1 nitrogen and oxygen atoms in total. The van der Waals surface area contributed by atoms with Gasteiger partial charge in [-0.1, -0.05) is 18.8 Å². The van der Waals surface area contributed by atoms with Crippen molar-refractivity contribution in [3.63, 3.8) is 0 Å². The molecule has 66 valence electrons. The summed E-state index contributed by atoms with van der Waals surface area (Å²) in [5.41, 5.74) is 0. The molecule has 0 amide bonds. The van der Waals surface area contributed by atoms with Crippen LogP contribution in [-0.4, -0.2) is 11.7 Å². The van der Waals surface area contributed by atoms with Gasteiger partial charge >= 0.3 is 0 Å². The van der Waals surface area contributed by atoms with E-state index >= 15 is 0 Å². The quantitative estimate of drug-likeness (QED) is 0.499. The number of rotatable bonds is 3. The summed E-state index contributed by atoms with van der Waals surface area (Å²) < 4.78 is 0. The van der Waals surface area contributed by atoms with Crippen LogP contribution < -0.4 is 0 Å². The highest BCUT2D eigenvalue weighted by Crippen LogP contribution is 1.91. The number of hydrogen-bond acceptors (Lipinski definition) is 1. The highest BCUT2D eigenvalue weighted by molar-refractivity contribution is 5.11. The van der Waals surface area contributed by atoms with E-state index in [9.17, 15) is 0 Å². The van der Waals surface area contributed by atoms with Crippen molar-refractivity contribution in [1.82, 2.24) is 0 Å². The van der Waals surface area contributed by atoms with Crippen molar-refractivity contribution in [1.29, 1.82) is 0 Å². The summed E-state index contributed by atoms with van der Waals surface area (Å²) >= 11 is 0. The molecule has 0 saturated heterocycles. The minimum absolute atomic E-state index is 0.275. The van der Waals surface area contributed by atoms with Crippen LogP contribution in [0.1, 0.15) is 39.0 Å². The minimum atomic E-state index is 0.275. The zero-order chi connectivity index (χ0) is 9.07. The van der Waals surface area contributed by atoms with E-state index < -0.39 is 0 Å². The van der Waals surface area contributed by atoms with Gasteiger partial charge in [0.15, 0.2) is 0 Å². The molecule has 0 aromatic heterocycles. The average Bonchev–Trinajstić information content (AvgIpc) is 2.10. The van der Waals surface area contributed by atoms with Crippen LogP contribution in [-0.2, 0) is 0 Å². The van der Waals surface area contributed by atoms with Gasteiger partial charge in [0, 0.05) is 19.4 Å². The highest BCUT2D eigenvalue weighted by Gasteiger charge is 1.80. The molecular formula is C11H16O. The van der Waals surface area contributed by atoms with Crippen molar-refractivity contribution >= 4 is 0 Å². The molecule has 0 bridgehead atoms. The topological polar surface area (TPSA) is 20.2 Å².